The van der Waals surface area contributed by atoms with Crippen molar-refractivity contribution in [1.82, 2.24) is 4.98 Å². The number of pyridine rings is 1. The third-order valence-corrected chi connectivity index (χ3v) is 6.43. The van der Waals surface area contributed by atoms with Crippen molar-refractivity contribution in [3.8, 4) is 5.75 Å². The molecule has 0 fully saturated rings. The number of rotatable bonds is 8. The lowest BCUT2D eigenvalue weighted by Gasteiger charge is -2.09. The van der Waals surface area contributed by atoms with Crippen LogP contribution in [0.1, 0.15) is 11.1 Å². The first kappa shape index (κ1) is 23.0. The molecular formula is C26H22N2O5S. The lowest BCUT2D eigenvalue weighted by Crippen LogP contribution is -2.12. The fourth-order valence-electron chi connectivity index (χ4n) is 3.28. The fourth-order valence-corrected chi connectivity index (χ4v) is 4.33. The summed E-state index contributed by atoms with van der Waals surface area (Å²) in [6, 6.07) is 22.2. The van der Waals surface area contributed by atoms with E-state index in [0.717, 1.165) is 16.5 Å². The molecule has 4 rings (SSSR count). The van der Waals surface area contributed by atoms with E-state index in [1.807, 2.05) is 30.3 Å². The van der Waals surface area contributed by atoms with Crippen LogP contribution >= 0.6 is 0 Å². The van der Waals surface area contributed by atoms with Crippen LogP contribution in [0.15, 0.2) is 96.0 Å². The highest BCUT2D eigenvalue weighted by Gasteiger charge is 2.14. The van der Waals surface area contributed by atoms with Gasteiger partial charge in [-0.05, 0) is 54.1 Å². The molecule has 0 saturated carbocycles. The topological polar surface area (TPSA) is 94.6 Å². The van der Waals surface area contributed by atoms with Crippen LogP contribution in [0.4, 0.5) is 5.69 Å². The van der Waals surface area contributed by atoms with E-state index in [2.05, 4.69) is 9.71 Å². The quantitative estimate of drug-likeness (QED) is 0.291. The molecule has 0 aliphatic carbocycles. The molecule has 8 heteroatoms. The van der Waals surface area contributed by atoms with Crippen LogP contribution in [0.5, 0.6) is 5.75 Å². The minimum Gasteiger partial charge on any atom is -0.497 e. The Hall–Kier alpha value is -4.17. The Morgan fingerprint density at radius 1 is 0.971 bits per heavy atom. The lowest BCUT2D eigenvalue weighted by atomic mass is 10.1. The summed E-state index contributed by atoms with van der Waals surface area (Å²) < 4.78 is 38.1. The van der Waals surface area contributed by atoms with Gasteiger partial charge in [0.05, 0.1) is 17.5 Å². The van der Waals surface area contributed by atoms with Gasteiger partial charge in [0, 0.05) is 28.9 Å². The van der Waals surface area contributed by atoms with Crippen molar-refractivity contribution in [2.75, 3.05) is 11.8 Å². The summed E-state index contributed by atoms with van der Waals surface area (Å²) >= 11 is 0. The van der Waals surface area contributed by atoms with E-state index in [1.165, 1.54) is 25.3 Å². The van der Waals surface area contributed by atoms with E-state index in [1.54, 1.807) is 48.7 Å². The average Bonchev–Trinajstić information content (AvgIpc) is 2.86. The van der Waals surface area contributed by atoms with Crippen LogP contribution in [0.3, 0.4) is 0 Å². The molecule has 0 saturated heterocycles. The molecule has 0 aliphatic rings. The summed E-state index contributed by atoms with van der Waals surface area (Å²) in [6.45, 7) is 0.103. The standard InChI is InChI=1S/C26H22N2O5S/c1-32-23-12-10-22(11-13-23)28-34(30,31)24-14-7-19(8-15-24)9-16-25(29)33-18-21-5-2-4-20-6-3-17-27-26(20)21/h2-17,28H,18H2,1H3/b16-9+. The molecule has 3 aromatic carbocycles. The number of para-hydroxylation sites is 1. The molecular weight excluding hydrogens is 452 g/mol. The van der Waals surface area contributed by atoms with Crippen molar-refractivity contribution in [2.45, 2.75) is 11.5 Å². The number of hydrogen-bond acceptors (Lipinski definition) is 6. The second-order valence-corrected chi connectivity index (χ2v) is 9.02. The van der Waals surface area contributed by atoms with Crippen molar-refractivity contribution in [3.63, 3.8) is 0 Å². The number of nitrogens with one attached hydrogen (secondary N) is 1. The molecule has 0 unspecified atom stereocenters. The summed E-state index contributed by atoms with van der Waals surface area (Å²) in [5.74, 6) is 0.122. The van der Waals surface area contributed by atoms with Gasteiger partial charge < -0.3 is 9.47 Å². The van der Waals surface area contributed by atoms with Gasteiger partial charge in [-0.2, -0.15) is 0 Å². The number of hydrogen-bond donors (Lipinski definition) is 1. The Balaban J connectivity index is 1.36. The number of ether oxygens (including phenoxy) is 2. The molecule has 0 bridgehead atoms. The molecule has 172 valence electrons. The van der Waals surface area contributed by atoms with Gasteiger partial charge in [-0.15, -0.1) is 0 Å². The van der Waals surface area contributed by atoms with E-state index in [4.69, 9.17) is 9.47 Å². The zero-order chi connectivity index (χ0) is 24.0. The fraction of sp³-hybridized carbons (Fsp3) is 0.0769. The zero-order valence-electron chi connectivity index (χ0n) is 18.3. The lowest BCUT2D eigenvalue weighted by molar-refractivity contribution is -0.138. The first-order chi connectivity index (χ1) is 16.4. The number of aromatic nitrogens is 1. The summed E-state index contributed by atoms with van der Waals surface area (Å²) in [5.41, 5.74) is 2.70. The van der Waals surface area contributed by atoms with Crippen LogP contribution < -0.4 is 9.46 Å². The third-order valence-electron chi connectivity index (χ3n) is 5.03. The highest BCUT2D eigenvalue weighted by Crippen LogP contribution is 2.20. The Bertz CT molecular complexity index is 1430. The van der Waals surface area contributed by atoms with Gasteiger partial charge in [0.2, 0.25) is 0 Å². The predicted molar refractivity (Wildman–Crippen MR) is 131 cm³/mol. The number of sulfonamides is 1. The number of esters is 1. The number of methoxy groups -OCH3 is 1. The van der Waals surface area contributed by atoms with Gasteiger partial charge in [-0.3, -0.25) is 9.71 Å². The molecule has 0 radical (unpaired) electrons. The van der Waals surface area contributed by atoms with Crippen molar-refractivity contribution in [2.24, 2.45) is 0 Å². The van der Waals surface area contributed by atoms with E-state index in [0.29, 0.717) is 17.0 Å². The molecule has 0 aliphatic heterocycles. The normalized spacial score (nSPS) is 11.4. The minimum atomic E-state index is -3.75. The van der Waals surface area contributed by atoms with Crippen LogP contribution in [-0.2, 0) is 26.2 Å². The Labute approximate surface area is 197 Å². The molecule has 4 aromatic rings. The monoisotopic (exact) mass is 474 g/mol. The Kier molecular flexibility index (Phi) is 6.89. The summed E-state index contributed by atoms with van der Waals surface area (Å²) in [7, 11) is -2.21. The van der Waals surface area contributed by atoms with Gasteiger partial charge >= 0.3 is 5.97 Å². The first-order valence-corrected chi connectivity index (χ1v) is 11.9. The number of benzene rings is 3. The molecule has 0 atom stereocenters. The number of carbonyl (C=O) groups is 1. The van der Waals surface area contributed by atoms with Gasteiger partial charge in [0.15, 0.2) is 0 Å². The minimum absolute atomic E-state index is 0.103. The molecule has 7 nitrogen and oxygen atoms in total. The maximum Gasteiger partial charge on any atom is 0.331 e. The first-order valence-electron chi connectivity index (χ1n) is 10.4. The number of nitrogens with zero attached hydrogens (tertiary/aromatic N) is 1. The summed E-state index contributed by atoms with van der Waals surface area (Å²) in [6.07, 6.45) is 4.57. The molecule has 0 amide bonds. The zero-order valence-corrected chi connectivity index (χ0v) is 19.2. The van der Waals surface area contributed by atoms with Crippen molar-refractivity contribution in [3.05, 3.63) is 102 Å². The van der Waals surface area contributed by atoms with E-state index < -0.39 is 16.0 Å². The Morgan fingerprint density at radius 2 is 1.71 bits per heavy atom. The van der Waals surface area contributed by atoms with E-state index in [-0.39, 0.29) is 11.5 Å². The third kappa shape index (κ3) is 5.60. The molecule has 1 N–H and O–H groups in total. The highest BCUT2D eigenvalue weighted by molar-refractivity contribution is 7.92. The number of fused-ring (bicyclic) bond motifs is 1. The second kappa shape index (κ2) is 10.2. The van der Waals surface area contributed by atoms with Gasteiger partial charge in [-0.25, -0.2) is 13.2 Å². The largest absolute Gasteiger partial charge is 0.497 e. The maximum absolute atomic E-state index is 12.6. The maximum atomic E-state index is 12.6. The van der Waals surface area contributed by atoms with Crippen LogP contribution in [0.2, 0.25) is 0 Å². The highest BCUT2D eigenvalue weighted by atomic mass is 32.2. The SMILES string of the molecule is COc1ccc(NS(=O)(=O)c2ccc(/C=C/C(=O)OCc3cccc4cccnc34)cc2)cc1. The van der Waals surface area contributed by atoms with Crippen LogP contribution in [0, 0.1) is 0 Å². The summed E-state index contributed by atoms with van der Waals surface area (Å²) in [5, 5.41) is 0.975. The molecule has 0 spiro atoms. The smallest absolute Gasteiger partial charge is 0.331 e. The van der Waals surface area contributed by atoms with Gasteiger partial charge in [0.1, 0.15) is 12.4 Å². The van der Waals surface area contributed by atoms with E-state index >= 15 is 0 Å². The number of carbonyl (C=O) groups excluding carboxylic acids is 1. The average molecular weight is 475 g/mol. The Morgan fingerprint density at radius 3 is 2.44 bits per heavy atom. The van der Waals surface area contributed by atoms with Crippen molar-refractivity contribution >= 4 is 38.7 Å². The van der Waals surface area contributed by atoms with Gasteiger partial charge in [-0.1, -0.05) is 36.4 Å². The molecule has 1 heterocycles. The van der Waals surface area contributed by atoms with Gasteiger partial charge in [0.25, 0.3) is 10.0 Å². The second-order valence-electron chi connectivity index (χ2n) is 7.34. The van der Waals surface area contributed by atoms with E-state index in [9.17, 15) is 13.2 Å². The summed E-state index contributed by atoms with van der Waals surface area (Å²) in [4.78, 5) is 16.6. The number of anilines is 1. The predicted octanol–water partition coefficient (Wildman–Crippen LogP) is 4.80. The van der Waals surface area contributed by atoms with Crippen molar-refractivity contribution < 1.29 is 22.7 Å². The molecule has 34 heavy (non-hydrogen) atoms. The van der Waals surface area contributed by atoms with Crippen molar-refractivity contribution in [1.29, 1.82) is 0 Å². The molecule has 1 aromatic heterocycles. The van der Waals surface area contributed by atoms with Crippen LogP contribution in [-0.4, -0.2) is 26.5 Å². The van der Waals surface area contributed by atoms with Crippen LogP contribution in [0.25, 0.3) is 17.0 Å².